The highest BCUT2D eigenvalue weighted by Gasteiger charge is 2.28. The van der Waals surface area contributed by atoms with E-state index in [0.29, 0.717) is 13.2 Å². The van der Waals surface area contributed by atoms with Crippen molar-refractivity contribution in [2.24, 2.45) is 10.9 Å². The second-order valence-corrected chi connectivity index (χ2v) is 7.39. The van der Waals surface area contributed by atoms with Crippen molar-refractivity contribution < 1.29 is 9.53 Å². The molecule has 30 heavy (non-hydrogen) atoms. The minimum absolute atomic E-state index is 0. The normalized spacial score (nSPS) is 20.5. The minimum atomic E-state index is -0.0899. The molecule has 2 aliphatic rings. The van der Waals surface area contributed by atoms with Crippen LogP contribution in [-0.2, 0) is 9.53 Å². The average Bonchev–Trinajstić information content (AvgIpc) is 2.78. The largest absolute Gasteiger partial charge is 0.466 e. The number of rotatable bonds is 6. The van der Waals surface area contributed by atoms with Crippen LogP contribution >= 0.6 is 24.0 Å². The molecule has 1 N–H and O–H groups in total. The lowest BCUT2D eigenvalue weighted by molar-refractivity contribution is -0.149. The molecule has 1 aromatic heterocycles. The maximum absolute atomic E-state index is 12.1. The molecule has 2 aliphatic heterocycles. The van der Waals surface area contributed by atoms with Crippen LogP contribution in [0.15, 0.2) is 23.5 Å². The van der Waals surface area contributed by atoms with E-state index in [4.69, 9.17) is 4.74 Å². The van der Waals surface area contributed by atoms with Gasteiger partial charge in [0, 0.05) is 71.8 Å². The summed E-state index contributed by atoms with van der Waals surface area (Å²) >= 11 is 0. The number of piperidine rings is 1. The fourth-order valence-corrected chi connectivity index (χ4v) is 3.91. The molecular formula is C20H34IN7O2. The highest BCUT2D eigenvalue weighted by Crippen LogP contribution is 2.18. The van der Waals surface area contributed by atoms with Gasteiger partial charge < -0.3 is 19.9 Å². The smallest absolute Gasteiger partial charge is 0.310 e. The molecule has 0 amide bonds. The molecule has 168 valence electrons. The first-order chi connectivity index (χ1) is 14.2. The first-order valence-corrected chi connectivity index (χ1v) is 10.6. The Balaban J connectivity index is 0.00000320. The lowest BCUT2D eigenvalue weighted by atomic mass is 9.98. The molecule has 3 rings (SSSR count). The highest BCUT2D eigenvalue weighted by atomic mass is 127. The Bertz CT molecular complexity index is 668. The third-order valence-corrected chi connectivity index (χ3v) is 5.47. The van der Waals surface area contributed by atoms with Crippen LogP contribution in [-0.4, -0.2) is 97.7 Å². The Labute approximate surface area is 196 Å². The topological polar surface area (TPSA) is 86.2 Å². The van der Waals surface area contributed by atoms with E-state index in [2.05, 4.69) is 35.0 Å². The summed E-state index contributed by atoms with van der Waals surface area (Å²) < 4.78 is 5.20. The molecule has 0 spiro atoms. The molecule has 0 radical (unpaired) electrons. The Kier molecular flexibility index (Phi) is 10.6. The van der Waals surface area contributed by atoms with Crippen molar-refractivity contribution in [3.63, 3.8) is 0 Å². The van der Waals surface area contributed by atoms with E-state index in [9.17, 15) is 4.79 Å². The van der Waals surface area contributed by atoms with Gasteiger partial charge in [0.25, 0.3) is 0 Å². The fourth-order valence-electron chi connectivity index (χ4n) is 3.91. The van der Waals surface area contributed by atoms with E-state index in [1.54, 1.807) is 19.4 Å². The SMILES string of the molecule is CCOC(=O)C1CCCN(C(=NC)NCCN2CCN(c3ncccn3)CC2)C1.I. The molecule has 9 nitrogen and oxygen atoms in total. The number of guanidine groups is 1. The number of hydrogen-bond acceptors (Lipinski definition) is 7. The summed E-state index contributed by atoms with van der Waals surface area (Å²) in [4.78, 5) is 32.0. The van der Waals surface area contributed by atoms with Gasteiger partial charge in [-0.05, 0) is 25.8 Å². The van der Waals surface area contributed by atoms with E-state index in [1.807, 2.05) is 13.0 Å². The number of anilines is 1. The highest BCUT2D eigenvalue weighted by molar-refractivity contribution is 14.0. The summed E-state index contributed by atoms with van der Waals surface area (Å²) in [5.74, 6) is 1.53. The second-order valence-electron chi connectivity index (χ2n) is 7.39. The first kappa shape index (κ1) is 24.6. The quantitative estimate of drug-likeness (QED) is 0.253. The van der Waals surface area contributed by atoms with E-state index < -0.39 is 0 Å². The maximum Gasteiger partial charge on any atom is 0.310 e. The van der Waals surface area contributed by atoms with Gasteiger partial charge in [0.15, 0.2) is 5.96 Å². The van der Waals surface area contributed by atoms with Gasteiger partial charge in [0.05, 0.1) is 12.5 Å². The molecular weight excluding hydrogens is 497 g/mol. The number of likely N-dealkylation sites (tertiary alicyclic amines) is 1. The van der Waals surface area contributed by atoms with Crippen molar-refractivity contribution in [2.75, 3.05) is 70.9 Å². The number of halogens is 1. The summed E-state index contributed by atoms with van der Waals surface area (Å²) in [5, 5.41) is 3.46. The third kappa shape index (κ3) is 6.93. The van der Waals surface area contributed by atoms with Crippen LogP contribution < -0.4 is 10.2 Å². The predicted molar refractivity (Wildman–Crippen MR) is 128 cm³/mol. The second kappa shape index (κ2) is 12.9. The van der Waals surface area contributed by atoms with E-state index in [-0.39, 0.29) is 35.9 Å². The van der Waals surface area contributed by atoms with Crippen molar-refractivity contribution >= 4 is 41.9 Å². The summed E-state index contributed by atoms with van der Waals surface area (Å²) in [5.41, 5.74) is 0. The third-order valence-electron chi connectivity index (χ3n) is 5.47. The van der Waals surface area contributed by atoms with Gasteiger partial charge in [0.2, 0.25) is 5.95 Å². The number of nitrogens with one attached hydrogen (secondary N) is 1. The van der Waals surface area contributed by atoms with Crippen LogP contribution in [0.1, 0.15) is 19.8 Å². The van der Waals surface area contributed by atoms with Crippen LogP contribution in [0.4, 0.5) is 5.95 Å². The van der Waals surface area contributed by atoms with Gasteiger partial charge in [-0.1, -0.05) is 0 Å². The summed E-state index contributed by atoms with van der Waals surface area (Å²) in [7, 11) is 1.80. The lowest BCUT2D eigenvalue weighted by Gasteiger charge is -2.36. The van der Waals surface area contributed by atoms with Gasteiger partial charge in [-0.3, -0.25) is 14.7 Å². The molecule has 1 unspecified atom stereocenters. The van der Waals surface area contributed by atoms with Crippen LogP contribution in [0.5, 0.6) is 0 Å². The van der Waals surface area contributed by atoms with Crippen molar-refractivity contribution in [3.8, 4) is 0 Å². The zero-order valence-electron chi connectivity index (χ0n) is 18.0. The van der Waals surface area contributed by atoms with Crippen LogP contribution in [0.2, 0.25) is 0 Å². The Hall–Kier alpha value is -1.69. The standard InChI is InChI=1S/C20H33N7O2.HI/c1-3-29-18(28)17-6-4-10-27(16-17)19(21-2)24-9-11-25-12-14-26(15-13-25)20-22-7-5-8-23-20;/h5,7-8,17H,3-4,6,9-16H2,1-2H3,(H,21,24);1H. The molecule has 2 saturated heterocycles. The fraction of sp³-hybridized carbons (Fsp3) is 0.700. The van der Waals surface area contributed by atoms with E-state index >= 15 is 0 Å². The van der Waals surface area contributed by atoms with Crippen LogP contribution in [0, 0.1) is 5.92 Å². The summed E-state index contributed by atoms with van der Waals surface area (Å²) in [6, 6.07) is 1.84. The molecule has 1 aromatic rings. The van der Waals surface area contributed by atoms with Gasteiger partial charge >= 0.3 is 5.97 Å². The van der Waals surface area contributed by atoms with Gasteiger partial charge in [-0.15, -0.1) is 24.0 Å². The number of aliphatic imine (C=N–C) groups is 1. The summed E-state index contributed by atoms with van der Waals surface area (Å²) in [6.07, 6.45) is 5.45. The van der Waals surface area contributed by atoms with Crippen molar-refractivity contribution in [1.82, 2.24) is 25.1 Å². The lowest BCUT2D eigenvalue weighted by Crippen LogP contribution is -2.51. The van der Waals surface area contributed by atoms with Crippen LogP contribution in [0.25, 0.3) is 0 Å². The molecule has 3 heterocycles. The van der Waals surface area contributed by atoms with E-state index in [1.165, 1.54) is 0 Å². The first-order valence-electron chi connectivity index (χ1n) is 10.6. The van der Waals surface area contributed by atoms with Crippen LogP contribution in [0.3, 0.4) is 0 Å². The average molecular weight is 531 g/mol. The molecule has 0 saturated carbocycles. The number of piperazine rings is 1. The zero-order valence-corrected chi connectivity index (χ0v) is 20.3. The van der Waals surface area contributed by atoms with Gasteiger partial charge in [0.1, 0.15) is 0 Å². The number of hydrogen-bond donors (Lipinski definition) is 1. The number of aromatic nitrogens is 2. The van der Waals surface area contributed by atoms with Gasteiger partial charge in [-0.25, -0.2) is 9.97 Å². The molecule has 10 heteroatoms. The Morgan fingerprint density at radius 2 is 1.97 bits per heavy atom. The molecule has 0 aliphatic carbocycles. The van der Waals surface area contributed by atoms with Crippen molar-refractivity contribution in [3.05, 3.63) is 18.5 Å². The molecule has 0 bridgehead atoms. The Morgan fingerprint density at radius 3 is 2.63 bits per heavy atom. The van der Waals surface area contributed by atoms with Crippen molar-refractivity contribution in [2.45, 2.75) is 19.8 Å². The number of carbonyl (C=O) groups excluding carboxylic acids is 1. The van der Waals surface area contributed by atoms with E-state index in [0.717, 1.165) is 70.6 Å². The van der Waals surface area contributed by atoms with Crippen molar-refractivity contribution in [1.29, 1.82) is 0 Å². The predicted octanol–water partition coefficient (Wildman–Crippen LogP) is 1.07. The Morgan fingerprint density at radius 1 is 1.23 bits per heavy atom. The zero-order chi connectivity index (χ0) is 20.5. The number of carbonyl (C=O) groups is 1. The monoisotopic (exact) mass is 531 g/mol. The summed E-state index contributed by atoms with van der Waals surface area (Å²) in [6.45, 7) is 9.53. The number of ether oxygens (including phenoxy) is 1. The van der Waals surface area contributed by atoms with Gasteiger partial charge in [-0.2, -0.15) is 0 Å². The molecule has 1 atom stereocenters. The number of nitrogens with zero attached hydrogens (tertiary/aromatic N) is 6. The maximum atomic E-state index is 12.1. The minimum Gasteiger partial charge on any atom is -0.466 e. The molecule has 2 fully saturated rings. The number of esters is 1. The molecule has 0 aromatic carbocycles.